The number of carboxylic acid groups (broad SMARTS) is 1. The maximum absolute atomic E-state index is 12.4. The molecule has 3 aromatic carbocycles. The number of methoxy groups -OCH3 is 1. The summed E-state index contributed by atoms with van der Waals surface area (Å²) in [6, 6.07) is 22.5. The van der Waals surface area contributed by atoms with Crippen molar-refractivity contribution in [1.82, 2.24) is 5.32 Å². The molecule has 0 saturated carbocycles. The first-order chi connectivity index (χ1) is 15.5. The van der Waals surface area contributed by atoms with Crippen LogP contribution in [-0.4, -0.2) is 24.2 Å². The molecule has 4 rings (SSSR count). The van der Waals surface area contributed by atoms with E-state index in [1.807, 2.05) is 54.6 Å². The molecular weight excluding hydrogens is 447 g/mol. The summed E-state index contributed by atoms with van der Waals surface area (Å²) in [7, 11) is 1.65. The Bertz CT molecular complexity index is 1220. The van der Waals surface area contributed by atoms with Gasteiger partial charge in [0, 0.05) is 18.0 Å². The first-order valence-corrected chi connectivity index (χ1v) is 10.7. The fourth-order valence-electron chi connectivity index (χ4n) is 3.25. The van der Waals surface area contributed by atoms with Gasteiger partial charge in [-0.3, -0.25) is 4.79 Å². The van der Waals surface area contributed by atoms with Gasteiger partial charge in [-0.25, -0.2) is 4.99 Å². The summed E-state index contributed by atoms with van der Waals surface area (Å²) < 4.78 is 5.43. The number of aliphatic carboxylic acids is 1. The summed E-state index contributed by atoms with van der Waals surface area (Å²) in [6.07, 6.45) is 1.67. The number of benzene rings is 3. The second kappa shape index (κ2) is 11.3. The van der Waals surface area contributed by atoms with Crippen LogP contribution in [0, 0.1) is 0 Å². The molecule has 0 aliphatic carbocycles. The number of nitrogens with zero attached hydrogens (tertiary/aromatic N) is 1. The van der Waals surface area contributed by atoms with Gasteiger partial charge in [-0.2, -0.15) is 0 Å². The summed E-state index contributed by atoms with van der Waals surface area (Å²) in [6.45, 7) is 0. The first kappa shape index (κ1) is 24.8. The monoisotopic (exact) mass is 466 g/mol. The number of rotatable bonds is 6. The van der Waals surface area contributed by atoms with E-state index in [2.05, 4.69) is 10.3 Å². The van der Waals surface area contributed by atoms with E-state index in [-0.39, 0.29) is 41.9 Å². The summed E-state index contributed by atoms with van der Waals surface area (Å²) in [4.78, 5) is 28.0. The third kappa shape index (κ3) is 6.36. The van der Waals surface area contributed by atoms with Crippen LogP contribution in [0.15, 0.2) is 82.7 Å². The normalized spacial score (nSPS) is 15.2. The number of carbonyl (C=O) groups excluding carboxylic acids is 2. The van der Waals surface area contributed by atoms with Crippen LogP contribution in [0.4, 0.5) is 5.69 Å². The molecule has 8 heteroatoms. The maximum atomic E-state index is 12.4. The molecule has 0 unspecified atom stereocenters. The van der Waals surface area contributed by atoms with Crippen molar-refractivity contribution in [3.63, 3.8) is 0 Å². The standard InChI is InChI=1S/C25H20N2O4S.Na/c1-31-21-5-3-2-4-20(21)18-10-6-16(7-11-18)14-22-24(30)27-25(32-22)26-19-12-8-17(9-13-19)15-23(28)29;/h2-14H,15H2,1H3,(H,28,29)(H,26,27,30);/q;+1/p-1. The van der Waals surface area contributed by atoms with E-state index in [9.17, 15) is 14.7 Å². The Morgan fingerprint density at radius 2 is 1.76 bits per heavy atom. The van der Waals surface area contributed by atoms with Gasteiger partial charge in [-0.1, -0.05) is 54.6 Å². The summed E-state index contributed by atoms with van der Waals surface area (Å²) in [5.74, 6) is -0.539. The van der Waals surface area contributed by atoms with Crippen LogP contribution in [-0.2, 0) is 16.0 Å². The van der Waals surface area contributed by atoms with Crippen molar-refractivity contribution in [3.05, 3.63) is 88.8 Å². The number of nitrogens with one attached hydrogen (secondary N) is 1. The van der Waals surface area contributed by atoms with Crippen molar-refractivity contribution in [2.45, 2.75) is 6.42 Å². The Labute approximate surface area is 218 Å². The minimum atomic E-state index is -1.13. The molecule has 3 aromatic rings. The number of ether oxygens (including phenoxy) is 1. The molecule has 1 N–H and O–H groups in total. The molecule has 0 aromatic heterocycles. The third-order valence-electron chi connectivity index (χ3n) is 4.79. The Balaban J connectivity index is 0.00000306. The number of thioether (sulfide) groups is 1. The Kier molecular flexibility index (Phi) is 8.52. The van der Waals surface area contributed by atoms with Crippen molar-refractivity contribution in [2.75, 3.05) is 7.11 Å². The topological polar surface area (TPSA) is 90.8 Å². The van der Waals surface area contributed by atoms with Crippen LogP contribution < -0.4 is 44.7 Å². The van der Waals surface area contributed by atoms with Crippen molar-refractivity contribution in [3.8, 4) is 16.9 Å². The second-order valence-electron chi connectivity index (χ2n) is 7.02. The van der Waals surface area contributed by atoms with Crippen molar-refractivity contribution in [1.29, 1.82) is 0 Å². The molecule has 1 aliphatic rings. The van der Waals surface area contributed by atoms with Crippen LogP contribution in [0.2, 0.25) is 0 Å². The maximum Gasteiger partial charge on any atom is 1.00 e. The summed E-state index contributed by atoms with van der Waals surface area (Å²) in [5.41, 5.74) is 4.18. The predicted octanol–water partition coefficient (Wildman–Crippen LogP) is 0.550. The second-order valence-corrected chi connectivity index (χ2v) is 8.05. The van der Waals surface area contributed by atoms with Crippen LogP contribution in [0.3, 0.4) is 0 Å². The van der Waals surface area contributed by atoms with Crippen LogP contribution in [0.25, 0.3) is 17.2 Å². The van der Waals surface area contributed by atoms with Gasteiger partial charge in [0.05, 0.1) is 17.7 Å². The van der Waals surface area contributed by atoms with Crippen LogP contribution >= 0.6 is 11.8 Å². The SMILES string of the molecule is COc1ccccc1-c1ccc(C=C2SC(=Nc3ccc(CC(=O)[O-])cc3)NC2=O)cc1.[Na+]. The van der Waals surface area contributed by atoms with E-state index in [1.54, 1.807) is 31.4 Å². The molecule has 33 heavy (non-hydrogen) atoms. The Morgan fingerprint density at radius 3 is 2.42 bits per heavy atom. The van der Waals surface area contributed by atoms with Crippen molar-refractivity contribution >= 4 is 40.6 Å². The zero-order valence-electron chi connectivity index (χ0n) is 18.2. The predicted molar refractivity (Wildman–Crippen MR) is 124 cm³/mol. The molecule has 0 spiro atoms. The fourth-order valence-corrected chi connectivity index (χ4v) is 4.09. The van der Waals surface area contributed by atoms with Gasteiger partial charge < -0.3 is 20.0 Å². The van der Waals surface area contributed by atoms with E-state index >= 15 is 0 Å². The molecule has 0 bridgehead atoms. The van der Waals surface area contributed by atoms with Gasteiger partial charge in [0.25, 0.3) is 5.91 Å². The summed E-state index contributed by atoms with van der Waals surface area (Å²) >= 11 is 1.26. The van der Waals surface area contributed by atoms with E-state index in [0.29, 0.717) is 21.3 Å². The number of amidine groups is 1. The molecule has 1 heterocycles. The van der Waals surface area contributed by atoms with Gasteiger partial charge in [0.2, 0.25) is 0 Å². The quantitative estimate of drug-likeness (QED) is 0.423. The summed E-state index contributed by atoms with van der Waals surface area (Å²) in [5, 5.41) is 13.9. The number of hydrogen-bond donors (Lipinski definition) is 1. The average molecular weight is 466 g/mol. The molecule has 6 nitrogen and oxygen atoms in total. The van der Waals surface area contributed by atoms with Crippen LogP contribution in [0.1, 0.15) is 11.1 Å². The molecule has 0 radical (unpaired) electrons. The molecule has 1 amide bonds. The van der Waals surface area contributed by atoms with E-state index in [4.69, 9.17) is 4.74 Å². The number of para-hydroxylation sites is 1. The smallest absolute Gasteiger partial charge is 0.550 e. The zero-order valence-corrected chi connectivity index (χ0v) is 21.0. The number of carboxylic acids is 1. The van der Waals surface area contributed by atoms with E-state index in [0.717, 1.165) is 22.4 Å². The Morgan fingerprint density at radius 1 is 1.06 bits per heavy atom. The van der Waals surface area contributed by atoms with Crippen LogP contribution in [0.5, 0.6) is 5.75 Å². The van der Waals surface area contributed by atoms with Gasteiger partial charge in [0.1, 0.15) is 5.75 Å². The first-order valence-electron chi connectivity index (χ1n) is 9.83. The molecule has 0 atom stereocenters. The van der Waals surface area contributed by atoms with Gasteiger partial charge >= 0.3 is 29.6 Å². The molecule has 160 valence electrons. The number of hydrogen-bond acceptors (Lipinski definition) is 6. The van der Waals surface area contributed by atoms with Gasteiger partial charge in [-0.05, 0) is 52.7 Å². The van der Waals surface area contributed by atoms with E-state index in [1.165, 1.54) is 11.8 Å². The van der Waals surface area contributed by atoms with Gasteiger partial charge in [0.15, 0.2) is 5.17 Å². The largest absolute Gasteiger partial charge is 1.00 e. The van der Waals surface area contributed by atoms with E-state index < -0.39 is 5.97 Å². The minimum absolute atomic E-state index is 0. The van der Waals surface area contributed by atoms with Crippen molar-refractivity contribution in [2.24, 2.45) is 4.99 Å². The third-order valence-corrected chi connectivity index (χ3v) is 5.70. The number of amides is 1. The van der Waals surface area contributed by atoms with Gasteiger partial charge in [-0.15, -0.1) is 0 Å². The molecule has 1 saturated heterocycles. The minimum Gasteiger partial charge on any atom is -0.550 e. The van der Waals surface area contributed by atoms with Crippen molar-refractivity contribution < 1.29 is 49.0 Å². The molecule has 1 aliphatic heterocycles. The number of carbonyl (C=O) groups is 2. The molecular formula is C25H19N2NaO4S. The molecule has 1 fully saturated rings. The average Bonchev–Trinajstić information content (AvgIpc) is 3.13. The number of aliphatic imine (C=N–C) groups is 1. The fraction of sp³-hybridized carbons (Fsp3) is 0.0800. The Hall–Kier alpha value is -2.84. The zero-order chi connectivity index (χ0) is 22.5.